The number of ether oxygens (including phenoxy) is 1. The monoisotopic (exact) mass is 214 g/mol. The Morgan fingerprint density at radius 3 is 2.93 bits per heavy atom. The molecule has 0 radical (unpaired) electrons. The summed E-state index contributed by atoms with van der Waals surface area (Å²) in [5.41, 5.74) is 0. The van der Waals surface area contributed by atoms with Gasteiger partial charge in [-0.1, -0.05) is 6.92 Å². The van der Waals surface area contributed by atoms with Crippen LogP contribution in [-0.2, 0) is 4.74 Å². The van der Waals surface area contributed by atoms with Gasteiger partial charge >= 0.3 is 0 Å². The van der Waals surface area contributed by atoms with E-state index in [0.717, 1.165) is 13.2 Å². The minimum atomic E-state index is 0.478. The normalized spacial score (nSPS) is 25.4. The molecule has 0 amide bonds. The molecule has 2 unspecified atom stereocenters. The number of likely N-dealkylation sites (tertiary alicyclic amines) is 1. The Bertz CT molecular complexity index is 164. The topological polar surface area (TPSA) is 24.5 Å². The third-order valence-electron chi connectivity index (χ3n) is 3.04. The number of nitrogens with zero attached hydrogens (tertiary/aromatic N) is 1. The van der Waals surface area contributed by atoms with E-state index in [0.29, 0.717) is 12.1 Å². The molecular formula is C12H26N2O. The van der Waals surface area contributed by atoms with Crippen molar-refractivity contribution < 1.29 is 4.74 Å². The van der Waals surface area contributed by atoms with Crippen LogP contribution in [0.2, 0.25) is 0 Å². The van der Waals surface area contributed by atoms with Gasteiger partial charge in [0, 0.05) is 25.2 Å². The summed E-state index contributed by atoms with van der Waals surface area (Å²) in [7, 11) is 0. The Labute approximate surface area is 94.2 Å². The lowest BCUT2D eigenvalue weighted by molar-refractivity contribution is 0.113. The Balaban J connectivity index is 2.19. The van der Waals surface area contributed by atoms with E-state index in [2.05, 4.69) is 24.1 Å². The van der Waals surface area contributed by atoms with E-state index in [1.54, 1.807) is 0 Å². The molecule has 2 atom stereocenters. The second-order valence-electron chi connectivity index (χ2n) is 4.46. The van der Waals surface area contributed by atoms with Gasteiger partial charge in [0.05, 0.1) is 6.61 Å². The molecule has 1 N–H and O–H groups in total. The van der Waals surface area contributed by atoms with Crippen LogP contribution in [0, 0.1) is 0 Å². The maximum Gasteiger partial charge on any atom is 0.0616 e. The van der Waals surface area contributed by atoms with Crippen molar-refractivity contribution >= 4 is 0 Å². The van der Waals surface area contributed by atoms with Gasteiger partial charge in [-0.15, -0.1) is 0 Å². The standard InChI is InChI=1S/C12H26N2O/c1-4-14-8-6-7-12(9-14)13-11(3)10-15-5-2/h11-13H,4-10H2,1-3H3. The Morgan fingerprint density at radius 2 is 2.27 bits per heavy atom. The molecule has 1 rings (SSSR count). The van der Waals surface area contributed by atoms with Crippen LogP contribution < -0.4 is 5.32 Å². The van der Waals surface area contributed by atoms with Crippen LogP contribution >= 0.6 is 0 Å². The van der Waals surface area contributed by atoms with Crippen LogP contribution in [0.3, 0.4) is 0 Å². The summed E-state index contributed by atoms with van der Waals surface area (Å²) in [6.45, 7) is 11.8. The van der Waals surface area contributed by atoms with Gasteiger partial charge in [-0.3, -0.25) is 0 Å². The van der Waals surface area contributed by atoms with E-state index >= 15 is 0 Å². The van der Waals surface area contributed by atoms with Crippen molar-refractivity contribution in [1.82, 2.24) is 10.2 Å². The smallest absolute Gasteiger partial charge is 0.0616 e. The first-order valence-corrected chi connectivity index (χ1v) is 6.32. The number of hydrogen-bond acceptors (Lipinski definition) is 3. The maximum atomic E-state index is 5.41. The lowest BCUT2D eigenvalue weighted by Gasteiger charge is -2.34. The molecule has 0 aliphatic carbocycles. The number of hydrogen-bond donors (Lipinski definition) is 1. The van der Waals surface area contributed by atoms with Crippen LogP contribution in [0.4, 0.5) is 0 Å². The average Bonchev–Trinajstić information content (AvgIpc) is 2.26. The zero-order valence-electron chi connectivity index (χ0n) is 10.5. The largest absolute Gasteiger partial charge is 0.380 e. The fourth-order valence-electron chi connectivity index (χ4n) is 2.22. The highest BCUT2D eigenvalue weighted by Crippen LogP contribution is 2.10. The minimum absolute atomic E-state index is 0.478. The molecule has 90 valence electrons. The zero-order chi connectivity index (χ0) is 11.1. The molecule has 0 saturated carbocycles. The van der Waals surface area contributed by atoms with Crippen LogP contribution in [0.5, 0.6) is 0 Å². The number of likely N-dealkylation sites (N-methyl/N-ethyl adjacent to an activating group) is 1. The molecule has 0 aromatic heterocycles. The van der Waals surface area contributed by atoms with Crippen molar-refractivity contribution in [2.75, 3.05) is 32.8 Å². The molecule has 1 heterocycles. The molecule has 1 saturated heterocycles. The van der Waals surface area contributed by atoms with E-state index in [1.807, 2.05) is 6.92 Å². The second-order valence-corrected chi connectivity index (χ2v) is 4.46. The summed E-state index contributed by atoms with van der Waals surface area (Å²) in [6.07, 6.45) is 2.64. The van der Waals surface area contributed by atoms with Gasteiger partial charge in [0.15, 0.2) is 0 Å². The first kappa shape index (κ1) is 12.9. The molecule has 0 spiro atoms. The molecule has 15 heavy (non-hydrogen) atoms. The summed E-state index contributed by atoms with van der Waals surface area (Å²) >= 11 is 0. The van der Waals surface area contributed by atoms with Gasteiger partial charge in [0.2, 0.25) is 0 Å². The second kappa shape index (κ2) is 7.20. The van der Waals surface area contributed by atoms with Gasteiger partial charge < -0.3 is 15.0 Å². The van der Waals surface area contributed by atoms with Crippen LogP contribution in [0.15, 0.2) is 0 Å². The predicted molar refractivity (Wildman–Crippen MR) is 64.2 cm³/mol. The molecule has 1 fully saturated rings. The van der Waals surface area contributed by atoms with Crippen molar-refractivity contribution in [2.24, 2.45) is 0 Å². The molecule has 3 nitrogen and oxygen atoms in total. The van der Waals surface area contributed by atoms with Crippen LogP contribution in [0.1, 0.15) is 33.6 Å². The first-order valence-electron chi connectivity index (χ1n) is 6.32. The SMILES string of the molecule is CCOCC(C)NC1CCCN(CC)C1. The lowest BCUT2D eigenvalue weighted by atomic mass is 10.1. The molecule has 0 aromatic rings. The van der Waals surface area contributed by atoms with Crippen LogP contribution in [0.25, 0.3) is 0 Å². The fourth-order valence-corrected chi connectivity index (χ4v) is 2.22. The van der Waals surface area contributed by atoms with Crippen molar-refractivity contribution in [3.05, 3.63) is 0 Å². The van der Waals surface area contributed by atoms with E-state index < -0.39 is 0 Å². The third-order valence-corrected chi connectivity index (χ3v) is 3.04. The number of rotatable bonds is 6. The Kier molecular flexibility index (Phi) is 6.22. The Morgan fingerprint density at radius 1 is 1.47 bits per heavy atom. The van der Waals surface area contributed by atoms with Crippen LogP contribution in [-0.4, -0.2) is 49.8 Å². The maximum absolute atomic E-state index is 5.41. The lowest BCUT2D eigenvalue weighted by Crippen LogP contribution is -2.49. The molecule has 1 aliphatic heterocycles. The predicted octanol–water partition coefficient (Wildman–Crippen LogP) is 1.49. The van der Waals surface area contributed by atoms with Gasteiger partial charge in [-0.2, -0.15) is 0 Å². The highest BCUT2D eigenvalue weighted by atomic mass is 16.5. The number of nitrogens with one attached hydrogen (secondary N) is 1. The highest BCUT2D eigenvalue weighted by molar-refractivity contribution is 4.79. The van der Waals surface area contributed by atoms with Gasteiger partial charge in [0.1, 0.15) is 0 Å². The average molecular weight is 214 g/mol. The van der Waals surface area contributed by atoms with Gasteiger partial charge in [0.25, 0.3) is 0 Å². The molecule has 0 bridgehead atoms. The highest BCUT2D eigenvalue weighted by Gasteiger charge is 2.19. The quantitative estimate of drug-likeness (QED) is 0.725. The van der Waals surface area contributed by atoms with Crippen molar-refractivity contribution in [3.8, 4) is 0 Å². The van der Waals surface area contributed by atoms with Gasteiger partial charge in [-0.05, 0) is 39.8 Å². The molecular weight excluding hydrogens is 188 g/mol. The molecule has 3 heteroatoms. The zero-order valence-corrected chi connectivity index (χ0v) is 10.5. The fraction of sp³-hybridized carbons (Fsp3) is 1.00. The summed E-state index contributed by atoms with van der Waals surface area (Å²) in [5, 5.41) is 3.65. The third kappa shape index (κ3) is 4.96. The minimum Gasteiger partial charge on any atom is -0.380 e. The summed E-state index contributed by atoms with van der Waals surface area (Å²) < 4.78 is 5.41. The van der Waals surface area contributed by atoms with Crippen molar-refractivity contribution in [3.63, 3.8) is 0 Å². The molecule has 0 aromatic carbocycles. The number of piperidine rings is 1. The summed E-state index contributed by atoms with van der Waals surface area (Å²) in [4.78, 5) is 2.52. The Hall–Kier alpha value is -0.120. The van der Waals surface area contributed by atoms with E-state index in [9.17, 15) is 0 Å². The van der Waals surface area contributed by atoms with Gasteiger partial charge in [-0.25, -0.2) is 0 Å². The van der Waals surface area contributed by atoms with Crippen molar-refractivity contribution in [2.45, 2.75) is 45.7 Å². The van der Waals surface area contributed by atoms with E-state index in [-0.39, 0.29) is 0 Å². The van der Waals surface area contributed by atoms with E-state index in [4.69, 9.17) is 4.74 Å². The first-order chi connectivity index (χ1) is 7.26. The summed E-state index contributed by atoms with van der Waals surface area (Å²) in [5.74, 6) is 0. The van der Waals surface area contributed by atoms with E-state index in [1.165, 1.54) is 32.5 Å². The summed E-state index contributed by atoms with van der Waals surface area (Å²) in [6, 6.07) is 1.14. The molecule has 1 aliphatic rings. The van der Waals surface area contributed by atoms with Crippen molar-refractivity contribution in [1.29, 1.82) is 0 Å².